The van der Waals surface area contributed by atoms with E-state index in [1.54, 1.807) is 7.05 Å². The number of carbonyl (C=O) groups excluding carboxylic acids is 5. The highest BCUT2D eigenvalue weighted by atomic mass is 16.4. The largest absolute Gasteiger partial charge is 0.481 e. The Morgan fingerprint density at radius 1 is 0.931 bits per heavy atom. The summed E-state index contributed by atoms with van der Waals surface area (Å²) in [6, 6.07) is -3.98. The van der Waals surface area contributed by atoms with Crippen LogP contribution in [0.4, 0.5) is 4.79 Å². The maximum atomic E-state index is 12.6. The number of rotatable bonds is 15. The zero-order valence-corrected chi connectivity index (χ0v) is 16.5. The van der Waals surface area contributed by atoms with E-state index in [-0.39, 0.29) is 19.3 Å². The second-order valence-electron chi connectivity index (χ2n) is 6.18. The van der Waals surface area contributed by atoms with Gasteiger partial charge in [0, 0.05) is 13.5 Å². The molecule has 0 heterocycles. The number of nitrogens with one attached hydrogen (secondary N) is 5. The quantitative estimate of drug-likeness (QED) is 0.130. The SMILES string of the molecule is CNCCC[C@H](NC(=O)[C@H](CCC=O)NC(=O)NC)C(=O)N[C@H](C=O)CC(=O)O. The first-order chi connectivity index (χ1) is 13.8. The third kappa shape index (κ3) is 11.4. The van der Waals surface area contributed by atoms with Crippen LogP contribution in [0, 0.1) is 0 Å². The van der Waals surface area contributed by atoms with Crippen molar-refractivity contribution in [1.29, 1.82) is 0 Å². The second kappa shape index (κ2) is 15.0. The smallest absolute Gasteiger partial charge is 0.315 e. The van der Waals surface area contributed by atoms with E-state index < -0.39 is 48.4 Å². The van der Waals surface area contributed by atoms with Crippen LogP contribution < -0.4 is 26.6 Å². The molecule has 0 aromatic heterocycles. The minimum absolute atomic E-state index is 0.0184. The lowest BCUT2D eigenvalue weighted by Gasteiger charge is -2.23. The van der Waals surface area contributed by atoms with Gasteiger partial charge in [-0.05, 0) is 32.9 Å². The number of carboxylic acid groups (broad SMARTS) is 1. The summed E-state index contributed by atoms with van der Waals surface area (Å²) in [4.78, 5) is 69.0. The molecule has 12 nitrogen and oxygen atoms in total. The molecule has 0 spiro atoms. The van der Waals surface area contributed by atoms with E-state index in [0.717, 1.165) is 0 Å². The summed E-state index contributed by atoms with van der Waals surface area (Å²) in [5.41, 5.74) is 0. The van der Waals surface area contributed by atoms with Crippen molar-refractivity contribution in [1.82, 2.24) is 26.6 Å². The standard InChI is InChI=1S/C17H29N5O7/c1-18-7-3-5-12(15(27)20-11(10-24)9-14(25)26)21-16(28)13(6-4-8-23)22-17(29)19-2/h8,10-13,18H,3-7,9H2,1-2H3,(H,20,27)(H,21,28)(H,25,26)(H2,19,22,29)/t11-,12-,13-/m0/s1. The molecule has 164 valence electrons. The zero-order chi connectivity index (χ0) is 22.2. The third-order valence-corrected chi connectivity index (χ3v) is 3.86. The topological polar surface area (TPSA) is 183 Å². The van der Waals surface area contributed by atoms with Gasteiger partial charge >= 0.3 is 12.0 Å². The second-order valence-corrected chi connectivity index (χ2v) is 6.18. The summed E-state index contributed by atoms with van der Waals surface area (Å²) >= 11 is 0. The lowest BCUT2D eigenvalue weighted by molar-refractivity contribution is -0.139. The Bertz CT molecular complexity index is 585. The van der Waals surface area contributed by atoms with E-state index in [0.29, 0.717) is 25.5 Å². The summed E-state index contributed by atoms with van der Waals surface area (Å²) in [7, 11) is 3.08. The van der Waals surface area contributed by atoms with Gasteiger partial charge in [-0.3, -0.25) is 14.4 Å². The van der Waals surface area contributed by atoms with Crippen LogP contribution in [-0.4, -0.2) is 80.3 Å². The normalized spacial score (nSPS) is 13.3. The summed E-state index contributed by atoms with van der Waals surface area (Å²) in [6.07, 6.45) is 1.07. The van der Waals surface area contributed by atoms with E-state index in [1.165, 1.54) is 7.05 Å². The molecule has 0 aliphatic rings. The van der Waals surface area contributed by atoms with Crippen LogP contribution in [-0.2, 0) is 24.0 Å². The molecule has 0 bridgehead atoms. The van der Waals surface area contributed by atoms with Gasteiger partial charge in [0.25, 0.3) is 0 Å². The van der Waals surface area contributed by atoms with Gasteiger partial charge in [0.1, 0.15) is 24.7 Å². The highest BCUT2D eigenvalue weighted by molar-refractivity contribution is 5.93. The van der Waals surface area contributed by atoms with E-state index in [1.807, 2.05) is 0 Å². The number of aldehydes is 2. The molecular weight excluding hydrogens is 386 g/mol. The van der Waals surface area contributed by atoms with Gasteiger partial charge in [-0.25, -0.2) is 4.79 Å². The van der Waals surface area contributed by atoms with E-state index in [4.69, 9.17) is 5.11 Å². The highest BCUT2D eigenvalue weighted by Gasteiger charge is 2.27. The van der Waals surface area contributed by atoms with E-state index >= 15 is 0 Å². The minimum Gasteiger partial charge on any atom is -0.481 e. The van der Waals surface area contributed by atoms with Gasteiger partial charge in [0.2, 0.25) is 11.8 Å². The van der Waals surface area contributed by atoms with Crippen molar-refractivity contribution in [2.24, 2.45) is 0 Å². The first-order valence-corrected chi connectivity index (χ1v) is 9.13. The van der Waals surface area contributed by atoms with Crippen molar-refractivity contribution in [3.05, 3.63) is 0 Å². The zero-order valence-electron chi connectivity index (χ0n) is 16.5. The summed E-state index contributed by atoms with van der Waals surface area (Å²) < 4.78 is 0. The number of carbonyl (C=O) groups is 6. The Kier molecular flexibility index (Phi) is 13.4. The van der Waals surface area contributed by atoms with Crippen molar-refractivity contribution in [2.45, 2.75) is 50.2 Å². The predicted octanol–water partition coefficient (Wildman–Crippen LogP) is -2.09. The molecule has 0 saturated heterocycles. The number of hydrogen-bond acceptors (Lipinski definition) is 7. The maximum Gasteiger partial charge on any atom is 0.315 e. The molecule has 0 rings (SSSR count). The minimum atomic E-state index is -1.26. The molecule has 29 heavy (non-hydrogen) atoms. The summed E-state index contributed by atoms with van der Waals surface area (Å²) in [5, 5.41) is 21.2. The van der Waals surface area contributed by atoms with Crippen LogP contribution in [0.5, 0.6) is 0 Å². The average Bonchev–Trinajstić information content (AvgIpc) is 2.68. The Balaban J connectivity index is 5.23. The fourth-order valence-corrected chi connectivity index (χ4v) is 2.36. The summed E-state index contributed by atoms with van der Waals surface area (Å²) in [6.45, 7) is 0.553. The van der Waals surface area contributed by atoms with Crippen LogP contribution >= 0.6 is 0 Å². The monoisotopic (exact) mass is 415 g/mol. The first-order valence-electron chi connectivity index (χ1n) is 9.13. The number of amides is 4. The molecule has 4 amide bonds. The van der Waals surface area contributed by atoms with Crippen molar-refractivity contribution >= 4 is 36.4 Å². The van der Waals surface area contributed by atoms with Crippen molar-refractivity contribution in [3.63, 3.8) is 0 Å². The lowest BCUT2D eigenvalue weighted by atomic mass is 10.1. The number of aliphatic carboxylic acids is 1. The average molecular weight is 415 g/mol. The van der Waals surface area contributed by atoms with Gasteiger partial charge in [-0.2, -0.15) is 0 Å². The Morgan fingerprint density at radius 2 is 1.55 bits per heavy atom. The molecule has 6 N–H and O–H groups in total. The third-order valence-electron chi connectivity index (χ3n) is 3.86. The molecule has 0 fully saturated rings. The highest BCUT2D eigenvalue weighted by Crippen LogP contribution is 2.03. The van der Waals surface area contributed by atoms with E-state index in [9.17, 15) is 28.8 Å². The summed E-state index contributed by atoms with van der Waals surface area (Å²) in [5.74, 6) is -2.66. The number of urea groups is 1. The molecule has 0 radical (unpaired) electrons. The first kappa shape index (κ1) is 26.0. The number of carboxylic acids is 1. The molecule has 0 aliphatic carbocycles. The van der Waals surface area contributed by atoms with Crippen molar-refractivity contribution in [2.75, 3.05) is 20.6 Å². The molecule has 0 saturated carbocycles. The predicted molar refractivity (Wildman–Crippen MR) is 102 cm³/mol. The van der Waals surface area contributed by atoms with Gasteiger partial charge in [0.15, 0.2) is 0 Å². The van der Waals surface area contributed by atoms with E-state index in [2.05, 4.69) is 26.6 Å². The van der Waals surface area contributed by atoms with Crippen LogP contribution in [0.15, 0.2) is 0 Å². The Morgan fingerprint density at radius 3 is 2.07 bits per heavy atom. The molecule has 0 aliphatic heterocycles. The van der Waals surface area contributed by atoms with Crippen LogP contribution in [0.1, 0.15) is 32.1 Å². The molecule has 0 aromatic carbocycles. The van der Waals surface area contributed by atoms with Crippen LogP contribution in [0.2, 0.25) is 0 Å². The van der Waals surface area contributed by atoms with Crippen LogP contribution in [0.25, 0.3) is 0 Å². The van der Waals surface area contributed by atoms with Crippen LogP contribution in [0.3, 0.4) is 0 Å². The molecule has 0 aromatic rings. The molecule has 12 heteroatoms. The lowest BCUT2D eigenvalue weighted by Crippen LogP contribution is -2.56. The van der Waals surface area contributed by atoms with Gasteiger partial charge < -0.3 is 41.3 Å². The van der Waals surface area contributed by atoms with Crippen molar-refractivity contribution in [3.8, 4) is 0 Å². The Labute approximate surface area is 168 Å². The molecule has 0 unspecified atom stereocenters. The van der Waals surface area contributed by atoms with Gasteiger partial charge in [-0.1, -0.05) is 0 Å². The molecule has 3 atom stereocenters. The fraction of sp³-hybridized carbons (Fsp3) is 0.647. The van der Waals surface area contributed by atoms with Gasteiger partial charge in [0.05, 0.1) is 12.5 Å². The Hall–Kier alpha value is -3.02. The van der Waals surface area contributed by atoms with Gasteiger partial charge in [-0.15, -0.1) is 0 Å². The maximum absolute atomic E-state index is 12.6. The van der Waals surface area contributed by atoms with Crippen molar-refractivity contribution < 1.29 is 33.9 Å². The molecular formula is C17H29N5O7. The number of hydrogen-bond donors (Lipinski definition) is 6. The fourth-order valence-electron chi connectivity index (χ4n) is 2.36.